The van der Waals surface area contributed by atoms with Crippen molar-refractivity contribution < 1.29 is 4.79 Å². The number of aryl methyl sites for hydroxylation is 1. The molecule has 5 rings (SSSR count). The first-order valence-electron chi connectivity index (χ1n) is 11.2. The molecule has 0 amide bonds. The average Bonchev–Trinajstić information content (AvgIpc) is 3.62. The molecule has 0 bridgehead atoms. The third kappa shape index (κ3) is 8.68. The zero-order valence-corrected chi connectivity index (χ0v) is 19.5. The lowest BCUT2D eigenvalue weighted by Crippen LogP contribution is -1.88. The second kappa shape index (κ2) is 13.7. The molecule has 2 heterocycles. The molecule has 4 nitrogen and oxygen atoms in total. The molecular weight excluding hydrogens is 394 g/mol. The second-order valence-electron chi connectivity index (χ2n) is 7.31. The van der Waals surface area contributed by atoms with Crippen LogP contribution in [-0.4, -0.2) is 21.0 Å². The van der Waals surface area contributed by atoms with Crippen LogP contribution in [0, 0.1) is 12.8 Å². The number of hydrogen-bond acceptors (Lipinski definition) is 3. The highest BCUT2D eigenvalue weighted by molar-refractivity contribution is 5.89. The molecule has 1 aliphatic carbocycles. The van der Waals surface area contributed by atoms with Crippen molar-refractivity contribution in [3.63, 3.8) is 0 Å². The topological polar surface area (TPSA) is 58.6 Å². The quantitative estimate of drug-likeness (QED) is 0.378. The highest BCUT2D eigenvalue weighted by Gasteiger charge is 2.25. The molecule has 0 spiro atoms. The summed E-state index contributed by atoms with van der Waals surface area (Å²) in [5, 5.41) is 8.43. The first kappa shape index (κ1) is 24.7. The molecule has 0 unspecified atom stereocenters. The Morgan fingerprint density at radius 3 is 2.06 bits per heavy atom. The monoisotopic (exact) mass is 427 g/mol. The van der Waals surface area contributed by atoms with Gasteiger partial charge in [-0.05, 0) is 56.5 Å². The van der Waals surface area contributed by atoms with Gasteiger partial charge in [-0.15, -0.1) is 0 Å². The summed E-state index contributed by atoms with van der Waals surface area (Å²) in [5.41, 5.74) is 4.45. The number of Topliss-reactive ketones (excluding diaryl/α,β-unsaturated/α-hetero) is 1. The zero-order chi connectivity index (χ0) is 23.2. The minimum atomic E-state index is 0.370. The maximum absolute atomic E-state index is 10.2. The van der Waals surface area contributed by atoms with Crippen molar-refractivity contribution in [3.8, 4) is 0 Å². The molecule has 0 radical (unpaired) electrons. The number of aromatic amines is 1. The summed E-state index contributed by atoms with van der Waals surface area (Å²) in [5.74, 6) is 0.833. The number of nitrogens with zero attached hydrogens (tertiary/aromatic N) is 2. The Kier molecular flexibility index (Phi) is 10.6. The van der Waals surface area contributed by atoms with Crippen molar-refractivity contribution in [1.82, 2.24) is 15.2 Å². The predicted molar refractivity (Wildman–Crippen MR) is 135 cm³/mol. The molecule has 1 N–H and O–H groups in total. The van der Waals surface area contributed by atoms with E-state index in [1.165, 1.54) is 5.56 Å². The van der Waals surface area contributed by atoms with Gasteiger partial charge in [-0.3, -0.25) is 14.9 Å². The van der Waals surface area contributed by atoms with Gasteiger partial charge in [0, 0.05) is 23.7 Å². The van der Waals surface area contributed by atoms with E-state index in [-0.39, 0.29) is 0 Å². The summed E-state index contributed by atoms with van der Waals surface area (Å²) in [6.45, 7) is 7.75. The molecule has 4 heteroatoms. The number of pyridine rings is 1. The Labute approximate surface area is 191 Å². The maximum Gasteiger partial charge on any atom is 0.132 e. The van der Waals surface area contributed by atoms with Gasteiger partial charge in [0.25, 0.3) is 0 Å². The van der Waals surface area contributed by atoms with Crippen LogP contribution in [0.25, 0.3) is 23.1 Å². The Hall–Kier alpha value is -3.53. The van der Waals surface area contributed by atoms with E-state index in [2.05, 4.69) is 40.3 Å². The SMILES string of the molecule is C(=C\c1n[nH]c2ccccc12)/c1ccncc1.CC.CC(=O)C1CC1.Cc1ccccc1. The number of benzene rings is 2. The van der Waals surface area contributed by atoms with Crippen molar-refractivity contribution in [2.75, 3.05) is 0 Å². The van der Waals surface area contributed by atoms with E-state index in [1.807, 2.05) is 74.5 Å². The van der Waals surface area contributed by atoms with E-state index in [4.69, 9.17) is 0 Å². The molecule has 32 heavy (non-hydrogen) atoms. The summed E-state index contributed by atoms with van der Waals surface area (Å²) in [6.07, 6.45) is 9.90. The molecule has 1 fully saturated rings. The third-order valence-electron chi connectivity index (χ3n) is 4.73. The lowest BCUT2D eigenvalue weighted by molar-refractivity contribution is -0.118. The van der Waals surface area contributed by atoms with E-state index >= 15 is 0 Å². The van der Waals surface area contributed by atoms with Crippen molar-refractivity contribution in [2.45, 2.75) is 40.5 Å². The number of nitrogens with one attached hydrogen (secondary N) is 1. The van der Waals surface area contributed by atoms with Gasteiger partial charge in [-0.2, -0.15) is 5.10 Å². The van der Waals surface area contributed by atoms with E-state index in [0.29, 0.717) is 11.7 Å². The van der Waals surface area contributed by atoms with Gasteiger partial charge < -0.3 is 0 Å². The smallest absolute Gasteiger partial charge is 0.132 e. The van der Waals surface area contributed by atoms with Gasteiger partial charge >= 0.3 is 0 Å². The highest BCUT2D eigenvalue weighted by atomic mass is 16.1. The fourth-order valence-corrected chi connectivity index (χ4v) is 2.79. The van der Waals surface area contributed by atoms with Gasteiger partial charge in [0.1, 0.15) is 5.78 Å². The largest absolute Gasteiger partial charge is 0.300 e. The molecule has 4 aromatic rings. The maximum atomic E-state index is 10.2. The number of fused-ring (bicyclic) bond motifs is 1. The molecule has 1 saturated carbocycles. The number of carbonyl (C=O) groups excluding carboxylic acids is 1. The van der Waals surface area contributed by atoms with E-state index in [9.17, 15) is 4.79 Å². The number of ketones is 1. The first-order chi connectivity index (χ1) is 15.6. The van der Waals surface area contributed by atoms with Crippen molar-refractivity contribution >= 4 is 28.8 Å². The lowest BCUT2D eigenvalue weighted by atomic mass is 10.2. The van der Waals surface area contributed by atoms with E-state index in [0.717, 1.165) is 35.0 Å². The Morgan fingerprint density at radius 1 is 0.906 bits per heavy atom. The van der Waals surface area contributed by atoms with Gasteiger partial charge in [0.2, 0.25) is 0 Å². The second-order valence-corrected chi connectivity index (χ2v) is 7.31. The van der Waals surface area contributed by atoms with Crippen LogP contribution in [0.4, 0.5) is 0 Å². The summed E-state index contributed by atoms with van der Waals surface area (Å²) in [4.78, 5) is 14.2. The molecule has 1 aliphatic rings. The van der Waals surface area contributed by atoms with Crippen molar-refractivity contribution in [3.05, 3.63) is 95.9 Å². The predicted octanol–water partition coefficient (Wildman–Crippen LogP) is 7.13. The van der Waals surface area contributed by atoms with E-state index in [1.54, 1.807) is 19.3 Å². The molecule has 166 valence electrons. The van der Waals surface area contributed by atoms with Crippen LogP contribution in [0.1, 0.15) is 50.4 Å². The normalized spacial score (nSPS) is 12.0. The van der Waals surface area contributed by atoms with Crippen LogP contribution < -0.4 is 0 Å². The molecule has 0 atom stereocenters. The number of para-hydroxylation sites is 1. The van der Waals surface area contributed by atoms with Gasteiger partial charge in [-0.1, -0.05) is 74.0 Å². The van der Waals surface area contributed by atoms with Crippen LogP contribution in [-0.2, 0) is 4.79 Å². The van der Waals surface area contributed by atoms with Gasteiger partial charge in [-0.25, -0.2) is 0 Å². The molecular formula is C28H33N3O. The highest BCUT2D eigenvalue weighted by Crippen LogP contribution is 2.29. The minimum Gasteiger partial charge on any atom is -0.300 e. The fraction of sp³-hybridized carbons (Fsp3) is 0.250. The molecule has 2 aromatic carbocycles. The van der Waals surface area contributed by atoms with Gasteiger partial charge in [0.15, 0.2) is 0 Å². The van der Waals surface area contributed by atoms with Crippen LogP contribution in [0.2, 0.25) is 0 Å². The Balaban J connectivity index is 0.000000199. The first-order valence-corrected chi connectivity index (χ1v) is 11.2. The standard InChI is InChI=1S/C14H11N3.C7H8.C5H8O.C2H6/c1-2-4-13-12(3-1)14(17-16-13)6-5-11-7-9-15-10-8-11;1-7-5-3-2-4-6-7;1-4(6)5-2-3-5;1-2/h1-10H,(H,16,17);2-6H,1H3;5H,2-3H2,1H3;1-2H3/b6-5+;;;. The summed E-state index contributed by atoms with van der Waals surface area (Å²) in [6, 6.07) is 22.3. The van der Waals surface area contributed by atoms with Crippen LogP contribution in [0.15, 0.2) is 79.1 Å². The molecule has 0 aliphatic heterocycles. The Morgan fingerprint density at radius 2 is 1.53 bits per heavy atom. The van der Waals surface area contributed by atoms with Crippen molar-refractivity contribution in [2.24, 2.45) is 5.92 Å². The van der Waals surface area contributed by atoms with Crippen LogP contribution >= 0.6 is 0 Å². The summed E-state index contributed by atoms with van der Waals surface area (Å²) >= 11 is 0. The number of H-pyrrole nitrogens is 1. The summed E-state index contributed by atoms with van der Waals surface area (Å²) in [7, 11) is 0. The number of rotatable bonds is 3. The number of carbonyl (C=O) groups is 1. The third-order valence-corrected chi connectivity index (χ3v) is 4.73. The van der Waals surface area contributed by atoms with Crippen LogP contribution in [0.3, 0.4) is 0 Å². The Bertz CT molecular complexity index is 1080. The van der Waals surface area contributed by atoms with E-state index < -0.39 is 0 Å². The van der Waals surface area contributed by atoms with Crippen LogP contribution in [0.5, 0.6) is 0 Å². The molecule has 0 saturated heterocycles. The lowest BCUT2D eigenvalue weighted by Gasteiger charge is -1.91. The number of aromatic nitrogens is 3. The fourth-order valence-electron chi connectivity index (χ4n) is 2.79. The van der Waals surface area contributed by atoms with Crippen molar-refractivity contribution in [1.29, 1.82) is 0 Å². The average molecular weight is 428 g/mol. The number of hydrogen-bond donors (Lipinski definition) is 1. The van der Waals surface area contributed by atoms with Gasteiger partial charge in [0.05, 0.1) is 11.2 Å². The molecule has 2 aromatic heterocycles. The summed E-state index contributed by atoms with van der Waals surface area (Å²) < 4.78 is 0. The zero-order valence-electron chi connectivity index (χ0n) is 19.5. The minimum absolute atomic E-state index is 0.370.